The van der Waals surface area contributed by atoms with Crippen molar-refractivity contribution in [2.75, 3.05) is 23.7 Å². The SMILES string of the molecule is CN(c1ccccc1)S(=O)(=O)c1ccccc1C(=O)OCCCn1cnc2c(N)ncnc21. The molecule has 0 amide bonds. The molecule has 0 aliphatic heterocycles. The van der Waals surface area contributed by atoms with Crippen LogP contribution in [-0.4, -0.2) is 47.6 Å². The number of aryl methyl sites for hydroxylation is 1. The minimum atomic E-state index is -3.97. The number of imidazole rings is 1. The zero-order valence-corrected chi connectivity index (χ0v) is 18.6. The van der Waals surface area contributed by atoms with E-state index in [9.17, 15) is 13.2 Å². The van der Waals surface area contributed by atoms with Crippen molar-refractivity contribution in [1.82, 2.24) is 19.5 Å². The molecular weight excluding hydrogens is 444 g/mol. The van der Waals surface area contributed by atoms with Crippen LogP contribution in [-0.2, 0) is 21.3 Å². The summed E-state index contributed by atoms with van der Waals surface area (Å²) in [5.74, 6) is -0.416. The highest BCUT2D eigenvalue weighted by Crippen LogP contribution is 2.25. The molecular formula is C22H22N6O4S. The Bertz CT molecular complexity index is 1390. The lowest BCUT2D eigenvalue weighted by molar-refractivity contribution is 0.0491. The third-order valence-electron chi connectivity index (χ3n) is 5.07. The Morgan fingerprint density at radius 1 is 1.06 bits per heavy atom. The number of nitrogens with zero attached hydrogens (tertiary/aromatic N) is 5. The number of nitrogens with two attached hydrogens (primary N) is 1. The van der Waals surface area contributed by atoms with E-state index in [0.29, 0.717) is 35.6 Å². The summed E-state index contributed by atoms with van der Waals surface area (Å²) < 4.78 is 34.7. The molecule has 0 aliphatic carbocycles. The Hall–Kier alpha value is -3.99. The Kier molecular flexibility index (Phi) is 6.22. The van der Waals surface area contributed by atoms with E-state index in [-0.39, 0.29) is 17.1 Å². The van der Waals surface area contributed by atoms with Gasteiger partial charge in [0.05, 0.1) is 24.2 Å². The van der Waals surface area contributed by atoms with E-state index in [1.807, 2.05) is 0 Å². The molecule has 0 saturated heterocycles. The summed E-state index contributed by atoms with van der Waals surface area (Å²) in [4.78, 5) is 24.9. The third-order valence-corrected chi connectivity index (χ3v) is 6.91. The number of benzene rings is 2. The van der Waals surface area contributed by atoms with Crippen molar-refractivity contribution in [2.24, 2.45) is 0 Å². The van der Waals surface area contributed by atoms with E-state index < -0.39 is 16.0 Å². The Balaban J connectivity index is 1.44. The van der Waals surface area contributed by atoms with Gasteiger partial charge < -0.3 is 15.0 Å². The zero-order chi connectivity index (χ0) is 23.4. The molecule has 33 heavy (non-hydrogen) atoms. The molecule has 4 aromatic rings. The number of ether oxygens (including phenoxy) is 1. The van der Waals surface area contributed by atoms with Gasteiger partial charge in [-0.1, -0.05) is 30.3 Å². The zero-order valence-electron chi connectivity index (χ0n) is 17.8. The molecule has 0 bridgehead atoms. The van der Waals surface area contributed by atoms with Crippen LogP contribution in [0, 0.1) is 0 Å². The largest absolute Gasteiger partial charge is 0.462 e. The van der Waals surface area contributed by atoms with E-state index in [1.54, 1.807) is 53.4 Å². The molecule has 0 unspecified atom stereocenters. The van der Waals surface area contributed by atoms with Crippen molar-refractivity contribution in [3.05, 3.63) is 72.8 Å². The van der Waals surface area contributed by atoms with Gasteiger partial charge in [-0.05, 0) is 30.7 Å². The lowest BCUT2D eigenvalue weighted by Gasteiger charge is -2.20. The number of hydrogen-bond acceptors (Lipinski definition) is 8. The molecule has 2 heterocycles. The van der Waals surface area contributed by atoms with E-state index in [2.05, 4.69) is 15.0 Å². The smallest absolute Gasteiger partial charge is 0.339 e. The number of aromatic nitrogens is 4. The molecule has 2 aromatic heterocycles. The number of esters is 1. The van der Waals surface area contributed by atoms with Gasteiger partial charge >= 0.3 is 5.97 Å². The first-order valence-electron chi connectivity index (χ1n) is 10.1. The van der Waals surface area contributed by atoms with Crippen molar-refractivity contribution in [3.8, 4) is 0 Å². The fourth-order valence-corrected chi connectivity index (χ4v) is 4.70. The Labute approximate surface area is 190 Å². The molecule has 0 radical (unpaired) electrons. The van der Waals surface area contributed by atoms with Crippen LogP contribution < -0.4 is 10.0 Å². The summed E-state index contributed by atoms with van der Waals surface area (Å²) in [5.41, 5.74) is 7.35. The van der Waals surface area contributed by atoms with Gasteiger partial charge in [-0.2, -0.15) is 0 Å². The second kappa shape index (κ2) is 9.25. The lowest BCUT2D eigenvalue weighted by atomic mass is 10.2. The summed E-state index contributed by atoms with van der Waals surface area (Å²) in [7, 11) is -2.53. The standard InChI is InChI=1S/C22H22N6O4S/c1-27(16-8-3-2-4-9-16)33(30,31)18-11-6-5-10-17(18)22(29)32-13-7-12-28-15-26-19-20(23)24-14-25-21(19)28/h2-6,8-11,14-15H,7,12-13H2,1H3,(H2,23,24,25). The van der Waals surface area contributed by atoms with Crippen LogP contribution in [0.4, 0.5) is 11.5 Å². The minimum Gasteiger partial charge on any atom is -0.462 e. The number of hydrogen-bond donors (Lipinski definition) is 1. The second-order valence-corrected chi connectivity index (χ2v) is 9.10. The number of anilines is 2. The molecule has 2 N–H and O–H groups in total. The van der Waals surface area contributed by atoms with Crippen molar-refractivity contribution in [2.45, 2.75) is 17.9 Å². The maximum atomic E-state index is 13.2. The maximum absolute atomic E-state index is 13.2. The van der Waals surface area contributed by atoms with Gasteiger partial charge in [0, 0.05) is 13.6 Å². The highest BCUT2D eigenvalue weighted by Gasteiger charge is 2.27. The Morgan fingerprint density at radius 2 is 1.79 bits per heavy atom. The summed E-state index contributed by atoms with van der Waals surface area (Å²) in [6, 6.07) is 14.6. The van der Waals surface area contributed by atoms with Gasteiger partial charge in [-0.3, -0.25) is 4.31 Å². The van der Waals surface area contributed by atoms with E-state index in [1.165, 1.54) is 25.5 Å². The van der Waals surface area contributed by atoms with Crippen LogP contribution >= 0.6 is 0 Å². The van der Waals surface area contributed by atoms with Crippen LogP contribution in [0.3, 0.4) is 0 Å². The van der Waals surface area contributed by atoms with Gasteiger partial charge in [0.1, 0.15) is 16.7 Å². The van der Waals surface area contributed by atoms with Crippen molar-refractivity contribution in [1.29, 1.82) is 0 Å². The van der Waals surface area contributed by atoms with Crippen LogP contribution in [0.15, 0.2) is 72.1 Å². The average Bonchev–Trinajstić information content (AvgIpc) is 3.26. The predicted molar refractivity (Wildman–Crippen MR) is 123 cm³/mol. The molecule has 0 spiro atoms. The van der Waals surface area contributed by atoms with Crippen LogP contribution in [0.2, 0.25) is 0 Å². The molecule has 0 aliphatic rings. The van der Waals surface area contributed by atoms with Crippen molar-refractivity contribution >= 4 is 38.7 Å². The highest BCUT2D eigenvalue weighted by molar-refractivity contribution is 7.92. The van der Waals surface area contributed by atoms with Gasteiger partial charge in [0.2, 0.25) is 0 Å². The third kappa shape index (κ3) is 4.48. The maximum Gasteiger partial charge on any atom is 0.339 e. The van der Waals surface area contributed by atoms with Crippen LogP contribution in [0.1, 0.15) is 16.8 Å². The molecule has 170 valence electrons. The monoisotopic (exact) mass is 466 g/mol. The number of rotatable bonds is 8. The number of nitrogen functional groups attached to an aromatic ring is 1. The summed E-state index contributed by atoms with van der Waals surface area (Å²) in [6.07, 6.45) is 3.43. The number of carbonyl (C=O) groups is 1. The molecule has 0 saturated carbocycles. The Morgan fingerprint density at radius 3 is 2.58 bits per heavy atom. The van der Waals surface area contributed by atoms with Gasteiger partial charge in [0.15, 0.2) is 11.5 Å². The lowest BCUT2D eigenvalue weighted by Crippen LogP contribution is -2.28. The fraction of sp³-hybridized carbons (Fsp3) is 0.182. The second-order valence-electron chi connectivity index (χ2n) is 7.16. The van der Waals surface area contributed by atoms with Crippen molar-refractivity contribution < 1.29 is 17.9 Å². The minimum absolute atomic E-state index is 0.0196. The number of fused-ring (bicyclic) bond motifs is 1. The first kappa shape index (κ1) is 22.2. The number of carbonyl (C=O) groups excluding carboxylic acids is 1. The fourth-order valence-electron chi connectivity index (χ4n) is 3.32. The number of para-hydroxylation sites is 1. The number of sulfonamides is 1. The average molecular weight is 467 g/mol. The van der Waals surface area contributed by atoms with Gasteiger partial charge in [0.25, 0.3) is 10.0 Å². The van der Waals surface area contributed by atoms with E-state index in [0.717, 1.165) is 4.31 Å². The molecule has 4 rings (SSSR count). The predicted octanol–water partition coefficient (Wildman–Crippen LogP) is 2.48. The quantitative estimate of drug-likeness (QED) is 0.309. The summed E-state index contributed by atoms with van der Waals surface area (Å²) in [5, 5.41) is 0. The van der Waals surface area contributed by atoms with Crippen molar-refractivity contribution in [3.63, 3.8) is 0 Å². The summed E-state index contributed by atoms with van der Waals surface area (Å²) in [6.45, 7) is 0.568. The van der Waals surface area contributed by atoms with Gasteiger partial charge in [-0.25, -0.2) is 28.2 Å². The first-order valence-corrected chi connectivity index (χ1v) is 11.5. The van der Waals surface area contributed by atoms with E-state index >= 15 is 0 Å². The van der Waals surface area contributed by atoms with E-state index in [4.69, 9.17) is 10.5 Å². The molecule has 0 atom stereocenters. The van der Waals surface area contributed by atoms with Crippen LogP contribution in [0.25, 0.3) is 11.2 Å². The molecule has 11 heteroatoms. The first-order chi connectivity index (χ1) is 15.9. The topological polar surface area (TPSA) is 133 Å². The normalized spacial score (nSPS) is 11.4. The molecule has 0 fully saturated rings. The molecule has 10 nitrogen and oxygen atoms in total. The van der Waals surface area contributed by atoms with Gasteiger partial charge in [-0.15, -0.1) is 0 Å². The molecule has 2 aromatic carbocycles. The highest BCUT2D eigenvalue weighted by atomic mass is 32.2. The van der Waals surface area contributed by atoms with Crippen LogP contribution in [0.5, 0.6) is 0 Å². The summed E-state index contributed by atoms with van der Waals surface area (Å²) >= 11 is 0.